The van der Waals surface area contributed by atoms with Crippen LogP contribution in [0.4, 0.5) is 0 Å². The van der Waals surface area contributed by atoms with Crippen LogP contribution >= 0.6 is 0 Å². The monoisotopic (exact) mass is 356 g/mol. The normalized spacial score (nSPS) is 18.7. The first-order chi connectivity index (χ1) is 12.5. The highest BCUT2D eigenvalue weighted by molar-refractivity contribution is 5.94. The van der Waals surface area contributed by atoms with Gasteiger partial charge < -0.3 is 15.1 Å². The molecule has 1 spiro atoms. The maximum Gasteiger partial charge on any atom is 0.253 e. The van der Waals surface area contributed by atoms with Crippen LogP contribution in [0.15, 0.2) is 29.3 Å². The van der Waals surface area contributed by atoms with Gasteiger partial charge in [-0.1, -0.05) is 18.6 Å². The summed E-state index contributed by atoms with van der Waals surface area (Å²) in [6, 6.07) is 7.90. The Labute approximate surface area is 157 Å². The molecule has 1 saturated carbocycles. The van der Waals surface area contributed by atoms with Crippen LogP contribution in [0.2, 0.25) is 0 Å². The molecule has 1 aliphatic heterocycles. The first kappa shape index (κ1) is 18.7. The molecule has 1 heterocycles. The van der Waals surface area contributed by atoms with E-state index in [1.165, 1.54) is 25.7 Å². The summed E-state index contributed by atoms with van der Waals surface area (Å²) >= 11 is 0. The maximum absolute atomic E-state index is 12.1. The van der Waals surface area contributed by atoms with Gasteiger partial charge >= 0.3 is 0 Å². The maximum atomic E-state index is 12.1. The number of hydrogen-bond donors (Lipinski definition) is 1. The molecule has 1 aromatic rings. The fourth-order valence-electron chi connectivity index (χ4n) is 4.04. The summed E-state index contributed by atoms with van der Waals surface area (Å²) in [6.45, 7) is 6.05. The summed E-state index contributed by atoms with van der Waals surface area (Å²) in [6.07, 6.45) is 6.32. The van der Waals surface area contributed by atoms with Gasteiger partial charge in [0.25, 0.3) is 5.91 Å². The van der Waals surface area contributed by atoms with Crippen molar-refractivity contribution in [1.29, 1.82) is 0 Å². The van der Waals surface area contributed by atoms with E-state index in [1.54, 1.807) is 19.0 Å². The van der Waals surface area contributed by atoms with Crippen LogP contribution in [0.25, 0.3) is 0 Å². The van der Waals surface area contributed by atoms with Crippen LogP contribution in [0, 0.1) is 5.41 Å². The average Bonchev–Trinajstić information content (AvgIpc) is 3.06. The highest BCUT2D eigenvalue weighted by Crippen LogP contribution is 2.47. The van der Waals surface area contributed by atoms with Crippen molar-refractivity contribution in [3.8, 4) is 0 Å². The Kier molecular flexibility index (Phi) is 5.84. The molecular formula is C21H32N4O. The molecule has 2 fully saturated rings. The minimum absolute atomic E-state index is 0.0477. The summed E-state index contributed by atoms with van der Waals surface area (Å²) in [5, 5.41) is 3.46. The standard InChI is InChI=1S/C21H32N4O/c1-4-22-20(25-14-12-21(16-25)10-6-11-21)23-13-9-17-7-5-8-18(15-17)19(26)24(2)3/h5,7-8,15H,4,6,9-14,16H2,1-3H3,(H,22,23). The Morgan fingerprint density at radius 1 is 1.31 bits per heavy atom. The molecule has 0 bridgehead atoms. The quantitative estimate of drug-likeness (QED) is 0.652. The second kappa shape index (κ2) is 8.11. The van der Waals surface area contributed by atoms with E-state index in [4.69, 9.17) is 4.99 Å². The summed E-state index contributed by atoms with van der Waals surface area (Å²) < 4.78 is 0. The number of aliphatic imine (C=N–C) groups is 1. The van der Waals surface area contributed by atoms with Crippen molar-refractivity contribution < 1.29 is 4.79 Å². The summed E-state index contributed by atoms with van der Waals surface area (Å²) in [4.78, 5) is 21.0. The van der Waals surface area contributed by atoms with Gasteiger partial charge in [0.15, 0.2) is 5.96 Å². The third-order valence-corrected chi connectivity index (χ3v) is 5.73. The molecule has 5 nitrogen and oxygen atoms in total. The molecule has 142 valence electrons. The zero-order chi connectivity index (χ0) is 18.6. The number of likely N-dealkylation sites (tertiary alicyclic amines) is 1. The zero-order valence-electron chi connectivity index (χ0n) is 16.4. The summed E-state index contributed by atoms with van der Waals surface area (Å²) in [5.74, 6) is 1.10. The van der Waals surface area contributed by atoms with Crippen molar-refractivity contribution in [1.82, 2.24) is 15.1 Å². The Hall–Kier alpha value is -2.04. The number of carbonyl (C=O) groups is 1. The fraction of sp³-hybridized carbons (Fsp3) is 0.619. The minimum atomic E-state index is 0.0477. The van der Waals surface area contributed by atoms with Gasteiger partial charge in [0.2, 0.25) is 0 Å². The molecule has 1 saturated heterocycles. The number of hydrogen-bond acceptors (Lipinski definition) is 2. The van der Waals surface area contributed by atoms with Gasteiger partial charge in [-0.2, -0.15) is 0 Å². The average molecular weight is 357 g/mol. The lowest BCUT2D eigenvalue weighted by Gasteiger charge is -2.38. The number of nitrogens with one attached hydrogen (secondary N) is 1. The van der Waals surface area contributed by atoms with Gasteiger partial charge in [0.1, 0.15) is 0 Å². The molecule has 0 unspecified atom stereocenters. The van der Waals surface area contributed by atoms with Crippen molar-refractivity contribution in [2.45, 2.75) is 39.0 Å². The lowest BCUT2D eigenvalue weighted by molar-refractivity contribution is 0.0827. The van der Waals surface area contributed by atoms with Crippen molar-refractivity contribution in [3.05, 3.63) is 35.4 Å². The molecular weight excluding hydrogens is 324 g/mol. The van der Waals surface area contributed by atoms with E-state index in [9.17, 15) is 4.79 Å². The SMILES string of the molecule is CCNC(=NCCc1cccc(C(=O)N(C)C)c1)N1CCC2(CCC2)C1. The second-order valence-electron chi connectivity index (χ2n) is 7.91. The van der Waals surface area contributed by atoms with Crippen LogP contribution in [0.3, 0.4) is 0 Å². The molecule has 26 heavy (non-hydrogen) atoms. The summed E-state index contributed by atoms with van der Waals surface area (Å²) in [7, 11) is 3.57. The molecule has 3 rings (SSSR count). The van der Waals surface area contributed by atoms with Crippen LogP contribution in [-0.2, 0) is 6.42 Å². The van der Waals surface area contributed by atoms with Gasteiger partial charge in [-0.3, -0.25) is 9.79 Å². The molecule has 1 aromatic carbocycles. The number of nitrogens with zero attached hydrogens (tertiary/aromatic N) is 3. The third kappa shape index (κ3) is 4.19. The molecule has 5 heteroatoms. The molecule has 0 radical (unpaired) electrons. The van der Waals surface area contributed by atoms with Crippen LogP contribution < -0.4 is 5.32 Å². The van der Waals surface area contributed by atoms with Crippen molar-refractivity contribution in [2.24, 2.45) is 10.4 Å². The molecule has 1 amide bonds. The van der Waals surface area contributed by atoms with E-state index in [1.807, 2.05) is 18.2 Å². The van der Waals surface area contributed by atoms with Gasteiger partial charge in [-0.15, -0.1) is 0 Å². The topological polar surface area (TPSA) is 47.9 Å². The van der Waals surface area contributed by atoms with Gasteiger partial charge in [-0.25, -0.2) is 0 Å². The number of amides is 1. The highest BCUT2D eigenvalue weighted by Gasteiger charge is 2.43. The predicted octanol–water partition coefficient (Wildman–Crippen LogP) is 2.77. The smallest absolute Gasteiger partial charge is 0.253 e. The van der Waals surface area contributed by atoms with Crippen molar-refractivity contribution in [2.75, 3.05) is 40.3 Å². The van der Waals surface area contributed by atoms with Crippen LogP contribution in [0.5, 0.6) is 0 Å². The first-order valence-corrected chi connectivity index (χ1v) is 9.87. The lowest BCUT2D eigenvalue weighted by atomic mass is 9.68. The van der Waals surface area contributed by atoms with Gasteiger partial charge in [0.05, 0.1) is 0 Å². The number of carbonyl (C=O) groups excluding carboxylic acids is 1. The van der Waals surface area contributed by atoms with Crippen molar-refractivity contribution >= 4 is 11.9 Å². The molecule has 1 aliphatic carbocycles. The molecule has 0 atom stereocenters. The first-order valence-electron chi connectivity index (χ1n) is 9.87. The van der Waals surface area contributed by atoms with E-state index >= 15 is 0 Å². The van der Waals surface area contributed by atoms with Crippen LogP contribution in [0.1, 0.15) is 48.5 Å². The second-order valence-corrected chi connectivity index (χ2v) is 7.91. The van der Waals surface area contributed by atoms with E-state index in [2.05, 4.69) is 23.2 Å². The van der Waals surface area contributed by atoms with E-state index in [-0.39, 0.29) is 5.91 Å². The Morgan fingerprint density at radius 2 is 2.12 bits per heavy atom. The largest absolute Gasteiger partial charge is 0.357 e. The van der Waals surface area contributed by atoms with E-state index < -0.39 is 0 Å². The molecule has 0 aromatic heterocycles. The Balaban J connectivity index is 1.60. The minimum Gasteiger partial charge on any atom is -0.357 e. The molecule has 1 N–H and O–H groups in total. The Bertz CT molecular complexity index is 664. The van der Waals surface area contributed by atoms with Crippen molar-refractivity contribution in [3.63, 3.8) is 0 Å². The predicted molar refractivity (Wildman–Crippen MR) is 107 cm³/mol. The number of guanidine groups is 1. The van der Waals surface area contributed by atoms with E-state index in [0.717, 1.165) is 49.7 Å². The Morgan fingerprint density at radius 3 is 2.73 bits per heavy atom. The molecule has 2 aliphatic rings. The lowest BCUT2D eigenvalue weighted by Crippen LogP contribution is -2.42. The number of benzene rings is 1. The van der Waals surface area contributed by atoms with Crippen LogP contribution in [-0.4, -0.2) is 61.9 Å². The summed E-state index contributed by atoms with van der Waals surface area (Å²) in [5.41, 5.74) is 2.49. The van der Waals surface area contributed by atoms with Gasteiger partial charge in [0, 0.05) is 45.8 Å². The zero-order valence-corrected chi connectivity index (χ0v) is 16.4. The van der Waals surface area contributed by atoms with Gasteiger partial charge in [-0.05, 0) is 55.7 Å². The highest BCUT2D eigenvalue weighted by atomic mass is 16.2. The number of rotatable bonds is 5. The van der Waals surface area contributed by atoms with E-state index in [0.29, 0.717) is 5.41 Å². The third-order valence-electron chi connectivity index (χ3n) is 5.73. The fourth-order valence-corrected chi connectivity index (χ4v) is 4.04.